The Labute approximate surface area is 234 Å². The Bertz CT molecular complexity index is 1240. The first kappa shape index (κ1) is 30.9. The van der Waals surface area contributed by atoms with Crippen LogP contribution in [0.15, 0.2) is 59.6 Å². The number of hydrogen-bond acceptors (Lipinski definition) is 5. The fourth-order valence-electron chi connectivity index (χ4n) is 4.15. The van der Waals surface area contributed by atoms with E-state index in [2.05, 4.69) is 18.2 Å². The molecule has 0 amide bonds. The van der Waals surface area contributed by atoms with E-state index < -0.39 is 0 Å². The zero-order valence-corrected chi connectivity index (χ0v) is 23.8. The highest BCUT2D eigenvalue weighted by molar-refractivity contribution is 6.04. The number of carbonyl (C=O) groups excluding carboxylic acids is 1. The number of nitrogens with one attached hydrogen (secondary N) is 1. The highest BCUT2D eigenvalue weighted by atomic mass is 16.5. The highest BCUT2D eigenvalue weighted by Crippen LogP contribution is 2.24. The maximum absolute atomic E-state index is 12.4. The fourth-order valence-corrected chi connectivity index (χ4v) is 4.15. The zero-order valence-electron chi connectivity index (χ0n) is 23.8. The Kier molecular flexibility index (Phi) is 13.1. The van der Waals surface area contributed by atoms with Crippen LogP contribution in [0.4, 0.5) is 11.4 Å². The first-order valence-corrected chi connectivity index (χ1v) is 13.5. The number of ether oxygens (including phenoxy) is 1. The minimum atomic E-state index is -0.355. The van der Waals surface area contributed by atoms with Gasteiger partial charge in [-0.15, -0.1) is 6.42 Å². The van der Waals surface area contributed by atoms with Crippen LogP contribution in [0.2, 0.25) is 0 Å². The normalized spacial score (nSPS) is 12.2. The van der Waals surface area contributed by atoms with Crippen molar-refractivity contribution in [1.29, 1.82) is 5.26 Å². The van der Waals surface area contributed by atoms with Gasteiger partial charge in [-0.2, -0.15) is 5.26 Å². The number of nitrogens with zero attached hydrogens (tertiary/aromatic N) is 3. The lowest BCUT2D eigenvalue weighted by Crippen LogP contribution is -2.36. The van der Waals surface area contributed by atoms with Gasteiger partial charge in [0.05, 0.1) is 6.07 Å². The molecule has 204 valence electrons. The minimum absolute atomic E-state index is 0.0772. The number of rotatable bonds is 13. The SMILES string of the molecule is C#Cc1ccc(N(COC(=O)CCCCCC)C(C)/N=C(\C=C/C)Nc2c(C)cc(/C=C/C#N)cc2C)cc1. The number of aryl methyl sites for hydroxylation is 2. The highest BCUT2D eigenvalue weighted by Gasteiger charge is 2.17. The Balaban J connectivity index is 2.31. The maximum atomic E-state index is 12.4. The second kappa shape index (κ2) is 16.5. The van der Waals surface area contributed by atoms with Crippen LogP contribution in [-0.2, 0) is 9.53 Å². The van der Waals surface area contributed by atoms with Crippen molar-refractivity contribution < 1.29 is 9.53 Å². The summed E-state index contributed by atoms with van der Waals surface area (Å²) in [6, 6.07) is 13.7. The van der Waals surface area contributed by atoms with E-state index in [0.717, 1.165) is 59.3 Å². The number of nitriles is 1. The maximum Gasteiger partial charge on any atom is 0.307 e. The Morgan fingerprint density at radius 1 is 1.18 bits per heavy atom. The summed E-state index contributed by atoms with van der Waals surface area (Å²) in [7, 11) is 0. The molecular weight excluding hydrogens is 484 g/mol. The molecule has 0 saturated heterocycles. The summed E-state index contributed by atoms with van der Waals surface area (Å²) in [5.74, 6) is 3.10. The Hall–Kier alpha value is -4.29. The van der Waals surface area contributed by atoms with E-state index in [1.807, 2.05) is 87.2 Å². The van der Waals surface area contributed by atoms with E-state index in [1.54, 1.807) is 6.08 Å². The van der Waals surface area contributed by atoms with Crippen molar-refractivity contribution in [3.8, 4) is 18.4 Å². The molecule has 0 aliphatic rings. The molecule has 6 heteroatoms. The summed E-state index contributed by atoms with van der Waals surface area (Å²) in [5, 5.41) is 12.3. The first-order valence-electron chi connectivity index (χ1n) is 13.5. The van der Waals surface area contributed by atoms with Crippen LogP contribution in [0.5, 0.6) is 0 Å². The number of unbranched alkanes of at least 4 members (excludes halogenated alkanes) is 3. The quantitative estimate of drug-likeness (QED) is 0.0557. The van der Waals surface area contributed by atoms with Gasteiger partial charge in [0.25, 0.3) is 0 Å². The molecule has 0 radical (unpaired) electrons. The molecule has 39 heavy (non-hydrogen) atoms. The van der Waals surface area contributed by atoms with Gasteiger partial charge in [-0.25, -0.2) is 4.99 Å². The van der Waals surface area contributed by atoms with Crippen molar-refractivity contribution in [2.75, 3.05) is 16.9 Å². The number of hydrogen-bond donors (Lipinski definition) is 1. The van der Waals surface area contributed by atoms with Crippen molar-refractivity contribution in [2.24, 2.45) is 4.99 Å². The summed E-state index contributed by atoms with van der Waals surface area (Å²) in [6.07, 6.45) is 16.8. The van der Waals surface area contributed by atoms with Gasteiger partial charge in [-0.3, -0.25) is 4.79 Å². The number of benzene rings is 2. The molecule has 1 unspecified atom stereocenters. The van der Waals surface area contributed by atoms with Crippen molar-refractivity contribution in [3.63, 3.8) is 0 Å². The average molecular weight is 525 g/mol. The lowest BCUT2D eigenvalue weighted by atomic mass is 10.0. The van der Waals surface area contributed by atoms with Crippen molar-refractivity contribution in [2.45, 2.75) is 72.9 Å². The molecule has 0 spiro atoms. The van der Waals surface area contributed by atoms with E-state index in [-0.39, 0.29) is 18.9 Å². The summed E-state index contributed by atoms with van der Waals surface area (Å²) in [4.78, 5) is 19.3. The van der Waals surface area contributed by atoms with Gasteiger partial charge in [-0.05, 0) is 99.4 Å². The summed E-state index contributed by atoms with van der Waals surface area (Å²) in [6.45, 7) is 10.2. The zero-order chi connectivity index (χ0) is 28.6. The van der Waals surface area contributed by atoms with E-state index in [4.69, 9.17) is 21.4 Å². The smallest absolute Gasteiger partial charge is 0.307 e. The van der Waals surface area contributed by atoms with E-state index in [0.29, 0.717) is 12.3 Å². The van der Waals surface area contributed by atoms with E-state index in [9.17, 15) is 4.79 Å². The number of allylic oxidation sites excluding steroid dienone is 2. The van der Waals surface area contributed by atoms with Gasteiger partial charge in [-0.1, -0.05) is 38.2 Å². The standard InChI is InChI=1S/C33H40N4O2/c1-7-10-11-12-16-32(38)39-24-37(30-19-17-28(9-3)18-20-30)27(6)35-31(14-8-2)36-33-25(4)22-29(15-13-21-34)23-26(33)5/h3,8,13-15,17-20,22-23,27H,7,10-12,16,24H2,1-2,4-6H3,(H,35,36)/b14-8-,15-13+. The molecule has 0 saturated carbocycles. The van der Waals surface area contributed by atoms with Gasteiger partial charge in [0.2, 0.25) is 0 Å². The first-order chi connectivity index (χ1) is 18.8. The van der Waals surface area contributed by atoms with Crippen molar-refractivity contribution >= 4 is 29.3 Å². The van der Waals surface area contributed by atoms with Crippen LogP contribution in [0.1, 0.15) is 75.1 Å². The summed E-state index contributed by atoms with van der Waals surface area (Å²) < 4.78 is 5.67. The topological polar surface area (TPSA) is 77.7 Å². The van der Waals surface area contributed by atoms with Crippen molar-refractivity contribution in [1.82, 2.24) is 0 Å². The molecule has 0 bridgehead atoms. The number of aliphatic imine (C=N–C) groups is 1. The number of carbonyl (C=O) groups is 1. The van der Waals surface area contributed by atoms with Crippen LogP contribution in [-0.4, -0.2) is 24.7 Å². The predicted octanol–water partition coefficient (Wildman–Crippen LogP) is 7.53. The Morgan fingerprint density at radius 3 is 2.46 bits per heavy atom. The number of terminal acetylenes is 1. The summed E-state index contributed by atoms with van der Waals surface area (Å²) >= 11 is 0. The molecular formula is C33H40N4O2. The molecule has 0 aromatic heterocycles. The summed E-state index contributed by atoms with van der Waals surface area (Å²) in [5.41, 5.74) is 5.62. The lowest BCUT2D eigenvalue weighted by Gasteiger charge is -2.29. The number of amidine groups is 1. The molecule has 0 aliphatic heterocycles. The van der Waals surface area contributed by atoms with Crippen LogP contribution < -0.4 is 10.2 Å². The third-order valence-corrected chi connectivity index (χ3v) is 6.22. The minimum Gasteiger partial charge on any atom is -0.444 e. The van der Waals surface area contributed by atoms with Gasteiger partial charge < -0.3 is 15.0 Å². The third kappa shape index (κ3) is 10.2. The molecule has 0 heterocycles. The molecule has 0 fully saturated rings. The Morgan fingerprint density at radius 2 is 1.87 bits per heavy atom. The van der Waals surface area contributed by atoms with Crippen LogP contribution in [0.25, 0.3) is 6.08 Å². The van der Waals surface area contributed by atoms with E-state index >= 15 is 0 Å². The second-order valence-corrected chi connectivity index (χ2v) is 9.38. The van der Waals surface area contributed by atoms with Crippen LogP contribution in [0.3, 0.4) is 0 Å². The van der Waals surface area contributed by atoms with Gasteiger partial charge >= 0.3 is 5.97 Å². The molecule has 1 N–H and O–H groups in total. The lowest BCUT2D eigenvalue weighted by molar-refractivity contribution is -0.143. The molecule has 2 aromatic rings. The van der Waals surface area contributed by atoms with Gasteiger partial charge in [0.1, 0.15) is 12.0 Å². The van der Waals surface area contributed by atoms with Crippen molar-refractivity contribution in [3.05, 3.63) is 76.9 Å². The largest absolute Gasteiger partial charge is 0.444 e. The molecule has 2 aromatic carbocycles. The second-order valence-electron chi connectivity index (χ2n) is 9.38. The van der Waals surface area contributed by atoms with Crippen LogP contribution in [0, 0.1) is 37.5 Å². The number of anilines is 2. The predicted molar refractivity (Wildman–Crippen MR) is 162 cm³/mol. The van der Waals surface area contributed by atoms with Gasteiger partial charge in [0, 0.05) is 29.4 Å². The third-order valence-electron chi connectivity index (χ3n) is 6.22. The average Bonchev–Trinajstić information content (AvgIpc) is 2.92. The van der Waals surface area contributed by atoms with E-state index in [1.165, 1.54) is 6.08 Å². The fraction of sp³-hybridized carbons (Fsp3) is 0.364. The van der Waals surface area contributed by atoms with Crippen LogP contribution >= 0.6 is 0 Å². The number of esters is 1. The molecule has 1 atom stereocenters. The molecule has 6 nitrogen and oxygen atoms in total. The molecule has 0 aliphatic carbocycles. The monoisotopic (exact) mass is 524 g/mol. The van der Waals surface area contributed by atoms with Gasteiger partial charge in [0.15, 0.2) is 6.73 Å². The molecule has 2 rings (SSSR count).